The quantitative estimate of drug-likeness (QED) is 0.169. The molecule has 0 atom stereocenters. The maximum absolute atomic E-state index is 6.47. The number of nitrogens with zero attached hydrogens (tertiary/aromatic N) is 4. The monoisotopic (exact) mass is 716 g/mol. The molecule has 0 radical (unpaired) electrons. The van der Waals surface area contributed by atoms with Crippen molar-refractivity contribution in [1.29, 1.82) is 0 Å². The third kappa shape index (κ3) is 4.76. The Morgan fingerprint density at radius 2 is 0.875 bits per heavy atom. The van der Waals surface area contributed by atoms with Crippen LogP contribution in [0.2, 0.25) is 0 Å². The summed E-state index contributed by atoms with van der Waals surface area (Å²) in [5, 5.41) is 10.9. The molecule has 0 amide bonds. The minimum Gasteiger partial charge on any atom is -0.456 e. The molecule has 0 N–H and O–H groups in total. The molecular formula is C50H28N4O2. The minimum atomic E-state index is 0.573. The first-order valence-corrected chi connectivity index (χ1v) is 18.6. The number of oxazole rings is 1. The summed E-state index contributed by atoms with van der Waals surface area (Å²) in [6, 6.07) is 58.3. The zero-order valence-corrected chi connectivity index (χ0v) is 29.8. The van der Waals surface area contributed by atoms with E-state index in [0.29, 0.717) is 28.9 Å². The Labute approximate surface area is 319 Å². The summed E-state index contributed by atoms with van der Waals surface area (Å²) in [5.74, 6) is 2.38. The van der Waals surface area contributed by atoms with Gasteiger partial charge in [0.2, 0.25) is 5.89 Å². The summed E-state index contributed by atoms with van der Waals surface area (Å²) in [4.78, 5) is 20.6. The molecule has 6 nitrogen and oxygen atoms in total. The summed E-state index contributed by atoms with van der Waals surface area (Å²) >= 11 is 0. The molecule has 0 bridgehead atoms. The molecule has 3 heterocycles. The maximum Gasteiger partial charge on any atom is 0.227 e. The molecule has 0 saturated heterocycles. The van der Waals surface area contributed by atoms with Crippen molar-refractivity contribution in [3.8, 4) is 45.6 Å². The van der Waals surface area contributed by atoms with Gasteiger partial charge in [-0.25, -0.2) is 19.9 Å². The van der Waals surface area contributed by atoms with Crippen LogP contribution in [0.5, 0.6) is 0 Å². The van der Waals surface area contributed by atoms with E-state index in [-0.39, 0.29) is 0 Å². The van der Waals surface area contributed by atoms with Crippen LogP contribution in [0.3, 0.4) is 0 Å². The number of rotatable bonds is 4. The maximum atomic E-state index is 6.47. The molecule has 260 valence electrons. The fourth-order valence-corrected chi connectivity index (χ4v) is 8.22. The molecule has 0 unspecified atom stereocenters. The first-order valence-electron chi connectivity index (χ1n) is 18.6. The van der Waals surface area contributed by atoms with Crippen LogP contribution < -0.4 is 0 Å². The molecule has 12 aromatic rings. The summed E-state index contributed by atoms with van der Waals surface area (Å²) in [6.07, 6.45) is 0. The predicted octanol–water partition coefficient (Wildman–Crippen LogP) is 13.2. The van der Waals surface area contributed by atoms with E-state index in [4.69, 9.17) is 28.8 Å². The van der Waals surface area contributed by atoms with Crippen LogP contribution in [0.15, 0.2) is 179 Å². The van der Waals surface area contributed by atoms with Gasteiger partial charge in [-0.3, -0.25) is 0 Å². The summed E-state index contributed by atoms with van der Waals surface area (Å²) in [5.41, 5.74) is 6.66. The summed E-state index contributed by atoms with van der Waals surface area (Å²) in [7, 11) is 0. The molecule has 0 aliphatic heterocycles. The molecule has 3 aromatic heterocycles. The minimum absolute atomic E-state index is 0.573. The van der Waals surface area contributed by atoms with Crippen molar-refractivity contribution < 1.29 is 8.83 Å². The third-order valence-electron chi connectivity index (χ3n) is 10.9. The molecule has 0 aliphatic carbocycles. The zero-order chi connectivity index (χ0) is 36.7. The van der Waals surface area contributed by atoms with Crippen molar-refractivity contribution in [1.82, 2.24) is 19.9 Å². The van der Waals surface area contributed by atoms with Gasteiger partial charge < -0.3 is 8.83 Å². The van der Waals surface area contributed by atoms with Crippen LogP contribution in [0.1, 0.15) is 0 Å². The van der Waals surface area contributed by atoms with Crippen LogP contribution in [0.4, 0.5) is 0 Å². The molecular weight excluding hydrogens is 689 g/mol. The molecule has 0 fully saturated rings. The lowest BCUT2D eigenvalue weighted by atomic mass is 9.99. The highest BCUT2D eigenvalue weighted by molar-refractivity contribution is 6.25. The lowest BCUT2D eigenvalue weighted by Crippen LogP contribution is -2.00. The second kappa shape index (κ2) is 11.9. The lowest BCUT2D eigenvalue weighted by molar-refractivity contribution is 0.619. The fourth-order valence-electron chi connectivity index (χ4n) is 8.22. The Morgan fingerprint density at radius 3 is 1.68 bits per heavy atom. The number of furan rings is 1. The Hall–Kier alpha value is -7.70. The van der Waals surface area contributed by atoms with E-state index in [1.807, 2.05) is 48.5 Å². The highest BCUT2D eigenvalue weighted by atomic mass is 16.4. The van der Waals surface area contributed by atoms with Crippen LogP contribution in [0.25, 0.3) is 122 Å². The molecule has 9 aromatic carbocycles. The number of fused-ring (bicyclic) bond motifs is 11. The van der Waals surface area contributed by atoms with E-state index in [1.165, 1.54) is 16.2 Å². The van der Waals surface area contributed by atoms with Crippen molar-refractivity contribution in [3.63, 3.8) is 0 Å². The lowest BCUT2D eigenvalue weighted by Gasteiger charge is -2.12. The molecule has 6 heteroatoms. The predicted molar refractivity (Wildman–Crippen MR) is 226 cm³/mol. The van der Waals surface area contributed by atoms with Crippen LogP contribution in [-0.2, 0) is 0 Å². The fraction of sp³-hybridized carbons (Fsp3) is 0. The Balaban J connectivity index is 1.10. The standard InChI is InChI=1S/C50H28N4O2/c1-2-11-33(12-3-1)50-51-46-43(56-50)26-25-42-45(46)44-40-28-35(22-20-32(40)23-24-41(44)55-42)48-52-47(53-49(54-48)38-16-8-13-29-9-4-6-14-36(29)38)34-21-19-31-18-17-30-10-5-7-15-37(30)39(31)27-34/h1-28H. The van der Waals surface area contributed by atoms with Crippen LogP contribution in [0, 0.1) is 0 Å². The van der Waals surface area contributed by atoms with Gasteiger partial charge in [0.05, 0.1) is 5.39 Å². The van der Waals surface area contributed by atoms with Gasteiger partial charge >= 0.3 is 0 Å². The van der Waals surface area contributed by atoms with Crippen molar-refractivity contribution >= 4 is 76.1 Å². The Morgan fingerprint density at radius 1 is 0.321 bits per heavy atom. The number of benzene rings is 9. The Bertz CT molecular complexity index is 3540. The molecule has 0 spiro atoms. The molecule has 56 heavy (non-hydrogen) atoms. The average Bonchev–Trinajstić information content (AvgIpc) is 3.88. The summed E-state index contributed by atoms with van der Waals surface area (Å²) in [6.45, 7) is 0. The highest BCUT2D eigenvalue weighted by Crippen LogP contribution is 2.41. The third-order valence-corrected chi connectivity index (χ3v) is 10.9. The van der Waals surface area contributed by atoms with Gasteiger partial charge in [0.1, 0.15) is 16.7 Å². The average molecular weight is 717 g/mol. The first-order chi connectivity index (χ1) is 27.7. The van der Waals surface area contributed by atoms with Crippen molar-refractivity contribution in [2.24, 2.45) is 0 Å². The zero-order valence-electron chi connectivity index (χ0n) is 29.8. The normalized spacial score (nSPS) is 11.9. The van der Waals surface area contributed by atoms with Crippen LogP contribution in [-0.4, -0.2) is 19.9 Å². The molecule has 0 aliphatic rings. The van der Waals surface area contributed by atoms with Gasteiger partial charge in [-0.1, -0.05) is 127 Å². The van der Waals surface area contributed by atoms with E-state index < -0.39 is 0 Å². The first kappa shape index (κ1) is 30.7. The van der Waals surface area contributed by atoms with Gasteiger partial charge in [-0.2, -0.15) is 0 Å². The van der Waals surface area contributed by atoms with Gasteiger partial charge in [0.25, 0.3) is 0 Å². The van der Waals surface area contributed by atoms with E-state index in [9.17, 15) is 0 Å². The van der Waals surface area contributed by atoms with Gasteiger partial charge in [0, 0.05) is 27.6 Å². The smallest absolute Gasteiger partial charge is 0.227 e. The molecule has 0 saturated carbocycles. The van der Waals surface area contributed by atoms with E-state index in [2.05, 4.69) is 121 Å². The van der Waals surface area contributed by atoms with E-state index in [0.717, 1.165) is 76.6 Å². The largest absolute Gasteiger partial charge is 0.456 e. The van der Waals surface area contributed by atoms with Crippen LogP contribution >= 0.6 is 0 Å². The van der Waals surface area contributed by atoms with Crippen molar-refractivity contribution in [2.45, 2.75) is 0 Å². The van der Waals surface area contributed by atoms with E-state index in [1.54, 1.807) is 0 Å². The second-order valence-electron chi connectivity index (χ2n) is 14.2. The number of aromatic nitrogens is 4. The van der Waals surface area contributed by atoms with Gasteiger partial charge in [0.15, 0.2) is 23.1 Å². The highest BCUT2D eigenvalue weighted by Gasteiger charge is 2.20. The molecule has 12 rings (SSSR count). The summed E-state index contributed by atoms with van der Waals surface area (Å²) < 4.78 is 12.8. The topological polar surface area (TPSA) is 77.8 Å². The van der Waals surface area contributed by atoms with Crippen molar-refractivity contribution in [2.75, 3.05) is 0 Å². The van der Waals surface area contributed by atoms with Gasteiger partial charge in [-0.15, -0.1) is 0 Å². The Kier molecular flexibility index (Phi) is 6.53. The number of hydrogen-bond donors (Lipinski definition) is 0. The number of hydrogen-bond acceptors (Lipinski definition) is 6. The van der Waals surface area contributed by atoms with Crippen molar-refractivity contribution in [3.05, 3.63) is 170 Å². The van der Waals surface area contributed by atoms with Gasteiger partial charge in [-0.05, 0) is 85.6 Å². The second-order valence-corrected chi connectivity index (χ2v) is 14.2. The van der Waals surface area contributed by atoms with E-state index >= 15 is 0 Å². The SMILES string of the molecule is c1ccc(-c2nc3c(ccc4oc5ccc6ccc(-c7nc(-c8ccc9ccc%10ccccc%10c9c8)nc(-c8cccc9ccccc89)n7)cc6c5c43)o2)cc1.